The number of carbonyl (C=O) groups is 1. The molecule has 0 bridgehead atoms. The second-order valence-electron chi connectivity index (χ2n) is 2.33. The van der Waals surface area contributed by atoms with E-state index in [-0.39, 0.29) is 6.61 Å². The van der Waals surface area contributed by atoms with Gasteiger partial charge in [0.2, 0.25) is 0 Å². The largest absolute Gasteiger partial charge is 0.467 e. The van der Waals surface area contributed by atoms with Crippen molar-refractivity contribution in [3.63, 3.8) is 0 Å². The Bertz CT molecular complexity index is 209. The van der Waals surface area contributed by atoms with Crippen LogP contribution in [0, 0.1) is 0 Å². The van der Waals surface area contributed by atoms with Crippen LogP contribution in [0.4, 0.5) is 26.3 Å². The maximum absolute atomic E-state index is 11.8. The van der Waals surface area contributed by atoms with Crippen LogP contribution in [-0.4, -0.2) is 36.6 Å². The van der Waals surface area contributed by atoms with E-state index in [0.717, 1.165) is 0 Å². The number of esters is 1. The van der Waals surface area contributed by atoms with Crippen LogP contribution >= 0.6 is 0 Å². The third kappa shape index (κ3) is 4.86. The van der Waals surface area contributed by atoms with Gasteiger partial charge in [-0.25, -0.2) is 0 Å². The lowest BCUT2D eigenvalue weighted by molar-refractivity contribution is -0.371. The summed E-state index contributed by atoms with van der Waals surface area (Å²) in [6.45, 7) is -0.924. The molecule has 0 atom stereocenters. The lowest BCUT2D eigenvalue weighted by Gasteiger charge is -2.25. The molecule has 0 aromatic carbocycles. The van der Waals surface area contributed by atoms with Gasteiger partial charge >= 0.3 is 18.6 Å². The Kier molecular flexibility index (Phi) is 4.38. The zero-order valence-electron chi connectivity index (χ0n) is 7.45. The summed E-state index contributed by atoms with van der Waals surface area (Å²) in [5.41, 5.74) is 0. The molecule has 0 N–H and O–H groups in total. The second kappa shape index (κ2) is 4.69. The summed E-state index contributed by atoms with van der Waals surface area (Å²) in [7, 11) is 0. The van der Waals surface area contributed by atoms with Gasteiger partial charge < -0.3 is 4.74 Å². The third-order valence-electron chi connectivity index (χ3n) is 1.20. The summed E-state index contributed by atoms with van der Waals surface area (Å²) in [4.78, 5) is 8.63. The van der Waals surface area contributed by atoms with E-state index < -0.39 is 30.0 Å². The van der Waals surface area contributed by atoms with E-state index in [1.54, 1.807) is 0 Å². The summed E-state index contributed by atoms with van der Waals surface area (Å²) in [6.07, 6.45) is -11.3. The zero-order valence-corrected chi connectivity index (χ0v) is 7.45. The molecule has 0 aliphatic heterocycles. The zero-order chi connectivity index (χ0) is 12.3. The van der Waals surface area contributed by atoms with Gasteiger partial charge in [-0.1, -0.05) is 0 Å². The van der Waals surface area contributed by atoms with E-state index in [4.69, 9.17) is 0 Å². The van der Waals surface area contributed by atoms with Gasteiger partial charge in [-0.15, -0.1) is 4.90 Å². The summed E-state index contributed by atoms with van der Waals surface area (Å²) in [5, 5.41) is 0. The number of alkyl halides is 6. The lowest BCUT2D eigenvalue weighted by atomic mass is 10.5. The van der Waals surface area contributed by atoms with Crippen molar-refractivity contribution in [2.24, 2.45) is 0 Å². The number of rotatable bonds is 3. The Morgan fingerprint density at radius 1 is 1.13 bits per heavy atom. The molecule has 0 aromatic rings. The number of hydrogen-bond donors (Lipinski definition) is 0. The summed E-state index contributed by atoms with van der Waals surface area (Å²) in [5.74, 6) is -1.59. The van der Waals surface area contributed by atoms with Crippen LogP contribution in [0.25, 0.3) is 0 Å². The van der Waals surface area contributed by atoms with Crippen molar-refractivity contribution < 1.29 is 35.9 Å². The standard InChI is InChI=1S/C6H7F6NO2/c1-2-15-4(14)3-13(5(7,8)9)6(10,11)12/h2-3H2,1H3. The number of halogens is 6. The third-order valence-corrected chi connectivity index (χ3v) is 1.20. The smallest absolute Gasteiger partial charge is 0.465 e. The first-order valence-electron chi connectivity index (χ1n) is 3.65. The minimum absolute atomic E-state index is 0.289. The van der Waals surface area contributed by atoms with Gasteiger partial charge in [0.15, 0.2) is 0 Å². The minimum Gasteiger partial charge on any atom is -0.465 e. The molecule has 0 radical (unpaired) electrons. The highest BCUT2D eigenvalue weighted by molar-refractivity contribution is 5.71. The first-order chi connectivity index (χ1) is 6.59. The molecule has 0 saturated heterocycles. The maximum atomic E-state index is 11.8. The molecule has 0 saturated carbocycles. The predicted molar refractivity (Wildman–Crippen MR) is 35.4 cm³/mol. The highest BCUT2D eigenvalue weighted by atomic mass is 19.4. The molecule has 0 rings (SSSR count). The van der Waals surface area contributed by atoms with Crippen molar-refractivity contribution in [3.05, 3.63) is 0 Å². The average Bonchev–Trinajstić information content (AvgIpc) is 1.96. The first kappa shape index (κ1) is 14.0. The predicted octanol–water partition coefficient (Wildman–Crippen LogP) is 1.89. The van der Waals surface area contributed by atoms with E-state index in [0.29, 0.717) is 0 Å². The van der Waals surface area contributed by atoms with Crippen LogP contribution in [0.1, 0.15) is 6.92 Å². The van der Waals surface area contributed by atoms with Crippen molar-refractivity contribution in [1.29, 1.82) is 0 Å². The van der Waals surface area contributed by atoms with Crippen LogP contribution in [0.3, 0.4) is 0 Å². The number of carbonyl (C=O) groups excluding carboxylic acids is 1. The van der Waals surface area contributed by atoms with E-state index in [2.05, 4.69) is 4.74 Å². The van der Waals surface area contributed by atoms with Gasteiger partial charge in [-0.2, -0.15) is 26.3 Å². The molecule has 90 valence electrons. The van der Waals surface area contributed by atoms with E-state index in [1.165, 1.54) is 6.92 Å². The minimum atomic E-state index is -5.66. The topological polar surface area (TPSA) is 29.5 Å². The number of hydrogen-bond acceptors (Lipinski definition) is 3. The molecule has 0 aromatic heterocycles. The fourth-order valence-corrected chi connectivity index (χ4v) is 0.659. The Hall–Kier alpha value is -0.990. The van der Waals surface area contributed by atoms with E-state index in [1.807, 2.05) is 0 Å². The quantitative estimate of drug-likeness (QED) is 0.428. The van der Waals surface area contributed by atoms with Gasteiger partial charge in [0.05, 0.1) is 6.61 Å². The van der Waals surface area contributed by atoms with Crippen molar-refractivity contribution in [2.45, 2.75) is 19.5 Å². The summed E-state index contributed by atoms with van der Waals surface area (Å²) in [6, 6.07) is 0. The molecular weight excluding hydrogens is 232 g/mol. The maximum Gasteiger partial charge on any atom is 0.467 e. The SMILES string of the molecule is CCOC(=O)CN(C(F)(F)F)C(F)(F)F. The lowest BCUT2D eigenvalue weighted by Crippen LogP contribution is -2.50. The summed E-state index contributed by atoms with van der Waals surface area (Å²) < 4.78 is 74.9. The molecule has 0 aliphatic rings. The van der Waals surface area contributed by atoms with Crippen LogP contribution in [0.15, 0.2) is 0 Å². The molecule has 0 fully saturated rings. The summed E-state index contributed by atoms with van der Waals surface area (Å²) >= 11 is 0. The van der Waals surface area contributed by atoms with E-state index >= 15 is 0 Å². The molecule has 0 amide bonds. The Balaban J connectivity index is 4.62. The normalized spacial score (nSPS) is 13.1. The van der Waals surface area contributed by atoms with Gasteiger partial charge in [-0.05, 0) is 6.92 Å². The fourth-order valence-electron chi connectivity index (χ4n) is 0.659. The molecule has 9 heteroatoms. The van der Waals surface area contributed by atoms with Crippen LogP contribution < -0.4 is 0 Å². The van der Waals surface area contributed by atoms with E-state index in [9.17, 15) is 31.1 Å². The Labute approximate surface area is 80.6 Å². The van der Waals surface area contributed by atoms with Crippen molar-refractivity contribution in [2.75, 3.05) is 13.2 Å². The van der Waals surface area contributed by atoms with Gasteiger partial charge in [0, 0.05) is 0 Å². The monoisotopic (exact) mass is 239 g/mol. The molecule has 3 nitrogen and oxygen atoms in total. The Morgan fingerprint density at radius 3 is 1.80 bits per heavy atom. The van der Waals surface area contributed by atoms with Gasteiger partial charge in [0.25, 0.3) is 0 Å². The van der Waals surface area contributed by atoms with Crippen LogP contribution in [0.2, 0.25) is 0 Å². The highest BCUT2D eigenvalue weighted by Gasteiger charge is 2.54. The van der Waals surface area contributed by atoms with Gasteiger partial charge in [-0.3, -0.25) is 4.79 Å². The second-order valence-corrected chi connectivity index (χ2v) is 2.33. The number of ether oxygens (including phenoxy) is 1. The molecule has 0 heterocycles. The molecular formula is C6H7F6NO2. The molecule has 0 unspecified atom stereocenters. The Morgan fingerprint density at radius 2 is 1.53 bits per heavy atom. The van der Waals surface area contributed by atoms with Crippen molar-refractivity contribution in [3.8, 4) is 0 Å². The molecule has 15 heavy (non-hydrogen) atoms. The fraction of sp³-hybridized carbons (Fsp3) is 0.833. The van der Waals surface area contributed by atoms with Crippen molar-refractivity contribution >= 4 is 5.97 Å². The van der Waals surface area contributed by atoms with Crippen LogP contribution in [-0.2, 0) is 9.53 Å². The van der Waals surface area contributed by atoms with Gasteiger partial charge in [0.1, 0.15) is 6.54 Å². The molecule has 0 aliphatic carbocycles. The number of nitrogens with zero attached hydrogens (tertiary/aromatic N) is 1. The average molecular weight is 239 g/mol. The molecule has 0 spiro atoms. The van der Waals surface area contributed by atoms with Crippen molar-refractivity contribution in [1.82, 2.24) is 4.90 Å². The first-order valence-corrected chi connectivity index (χ1v) is 3.65. The van der Waals surface area contributed by atoms with Crippen LogP contribution in [0.5, 0.6) is 0 Å². The highest BCUT2D eigenvalue weighted by Crippen LogP contribution is 2.32.